The van der Waals surface area contributed by atoms with Crippen molar-refractivity contribution < 1.29 is 9.66 Å². The largest absolute Gasteiger partial charge is 0.489 e. The quantitative estimate of drug-likeness (QED) is 0.518. The van der Waals surface area contributed by atoms with E-state index in [9.17, 15) is 10.1 Å². The van der Waals surface area contributed by atoms with Gasteiger partial charge in [0.05, 0.1) is 4.92 Å². The molecular weight excluding hydrogens is 318 g/mol. The van der Waals surface area contributed by atoms with Gasteiger partial charge in [0.15, 0.2) is 0 Å². The second-order valence-corrected chi connectivity index (χ2v) is 5.38. The summed E-state index contributed by atoms with van der Waals surface area (Å²) in [6.07, 6.45) is 1.24. The fourth-order valence-corrected chi connectivity index (χ4v) is 2.33. The molecule has 0 saturated heterocycles. The molecule has 0 aliphatic heterocycles. The lowest BCUT2D eigenvalue weighted by atomic mass is 10.1. The zero-order valence-electron chi connectivity index (χ0n) is 13.5. The van der Waals surface area contributed by atoms with Crippen LogP contribution in [0.1, 0.15) is 11.1 Å². The summed E-state index contributed by atoms with van der Waals surface area (Å²) >= 11 is 0. The van der Waals surface area contributed by atoms with E-state index in [4.69, 9.17) is 4.74 Å². The van der Waals surface area contributed by atoms with Crippen LogP contribution in [0, 0.1) is 10.1 Å². The Labute approximate surface area is 145 Å². The molecule has 25 heavy (non-hydrogen) atoms. The zero-order valence-corrected chi connectivity index (χ0v) is 13.5. The summed E-state index contributed by atoms with van der Waals surface area (Å²) < 4.78 is 5.81. The minimum Gasteiger partial charge on any atom is -0.489 e. The van der Waals surface area contributed by atoms with Crippen molar-refractivity contribution in [2.75, 3.05) is 5.32 Å². The highest BCUT2D eigenvalue weighted by Crippen LogP contribution is 2.17. The van der Waals surface area contributed by atoms with Gasteiger partial charge in [-0.3, -0.25) is 10.1 Å². The minimum atomic E-state index is -0.465. The molecule has 0 aliphatic rings. The van der Waals surface area contributed by atoms with E-state index in [-0.39, 0.29) is 5.69 Å². The molecule has 3 aromatic rings. The third-order valence-electron chi connectivity index (χ3n) is 3.67. The van der Waals surface area contributed by atoms with Crippen molar-refractivity contribution in [1.82, 2.24) is 4.98 Å². The van der Waals surface area contributed by atoms with Gasteiger partial charge in [-0.1, -0.05) is 42.5 Å². The number of ether oxygens (including phenoxy) is 1. The summed E-state index contributed by atoms with van der Waals surface area (Å²) in [7, 11) is 0. The minimum absolute atomic E-state index is 0.0257. The number of hydrogen-bond acceptors (Lipinski definition) is 5. The normalized spacial score (nSPS) is 10.2. The molecule has 0 amide bonds. The van der Waals surface area contributed by atoms with Gasteiger partial charge < -0.3 is 10.1 Å². The van der Waals surface area contributed by atoms with Gasteiger partial charge in [0.1, 0.15) is 24.4 Å². The number of para-hydroxylation sites is 1. The molecule has 0 fully saturated rings. The Morgan fingerprint density at radius 3 is 2.36 bits per heavy atom. The predicted octanol–water partition coefficient (Wildman–Crippen LogP) is 4.18. The first-order valence-corrected chi connectivity index (χ1v) is 7.81. The zero-order chi connectivity index (χ0) is 17.5. The lowest BCUT2D eigenvalue weighted by Crippen LogP contribution is -2.06. The number of benzene rings is 2. The van der Waals surface area contributed by atoms with Crippen LogP contribution in [0.15, 0.2) is 72.9 Å². The van der Waals surface area contributed by atoms with Crippen molar-refractivity contribution in [3.8, 4) is 5.75 Å². The van der Waals surface area contributed by atoms with Crippen molar-refractivity contribution in [1.29, 1.82) is 0 Å². The van der Waals surface area contributed by atoms with Gasteiger partial charge in [0.25, 0.3) is 5.69 Å². The number of rotatable bonds is 7. The van der Waals surface area contributed by atoms with E-state index >= 15 is 0 Å². The number of nitro groups is 1. The molecule has 1 aromatic heterocycles. The summed E-state index contributed by atoms with van der Waals surface area (Å²) in [6, 6.07) is 20.6. The van der Waals surface area contributed by atoms with Crippen LogP contribution in [0.25, 0.3) is 0 Å². The van der Waals surface area contributed by atoms with Gasteiger partial charge in [0.2, 0.25) is 0 Å². The summed E-state index contributed by atoms with van der Waals surface area (Å²) in [6.45, 7) is 1.02. The van der Waals surface area contributed by atoms with E-state index in [0.29, 0.717) is 19.0 Å². The highest BCUT2D eigenvalue weighted by atomic mass is 16.6. The van der Waals surface area contributed by atoms with Gasteiger partial charge in [-0.25, -0.2) is 4.98 Å². The maximum Gasteiger partial charge on any atom is 0.287 e. The molecule has 6 nitrogen and oxygen atoms in total. The number of anilines is 1. The summed E-state index contributed by atoms with van der Waals surface area (Å²) in [4.78, 5) is 14.2. The second kappa shape index (κ2) is 7.92. The molecule has 0 spiro atoms. The highest BCUT2D eigenvalue weighted by molar-refractivity contribution is 5.41. The van der Waals surface area contributed by atoms with Gasteiger partial charge in [-0.15, -0.1) is 0 Å². The Hall–Kier alpha value is -3.41. The van der Waals surface area contributed by atoms with Crippen molar-refractivity contribution in [2.45, 2.75) is 13.2 Å². The van der Waals surface area contributed by atoms with E-state index in [1.165, 1.54) is 12.3 Å². The maximum atomic E-state index is 10.7. The van der Waals surface area contributed by atoms with E-state index in [1.807, 2.05) is 54.6 Å². The van der Waals surface area contributed by atoms with Crippen LogP contribution in [0.5, 0.6) is 5.75 Å². The SMILES string of the molecule is O=[N+]([O-])c1ccc(NCc2ccccc2COc2ccccc2)nc1. The molecular formula is C19H17N3O3. The molecule has 0 unspecified atom stereocenters. The van der Waals surface area contributed by atoms with Gasteiger partial charge in [0, 0.05) is 12.6 Å². The number of nitrogens with zero attached hydrogens (tertiary/aromatic N) is 2. The Bertz CT molecular complexity index is 836. The molecule has 0 saturated carbocycles. The molecule has 0 radical (unpaired) electrons. The molecule has 6 heteroatoms. The van der Waals surface area contributed by atoms with Crippen LogP contribution < -0.4 is 10.1 Å². The first-order valence-electron chi connectivity index (χ1n) is 7.81. The molecule has 2 aromatic carbocycles. The van der Waals surface area contributed by atoms with Crippen molar-refractivity contribution >= 4 is 11.5 Å². The smallest absolute Gasteiger partial charge is 0.287 e. The second-order valence-electron chi connectivity index (χ2n) is 5.38. The van der Waals surface area contributed by atoms with E-state index in [1.54, 1.807) is 6.07 Å². The molecule has 126 valence electrons. The van der Waals surface area contributed by atoms with Crippen LogP contribution in [-0.4, -0.2) is 9.91 Å². The average molecular weight is 335 g/mol. The maximum absolute atomic E-state index is 10.7. The molecule has 1 heterocycles. The molecule has 1 N–H and O–H groups in total. The van der Waals surface area contributed by atoms with Crippen LogP contribution in [0.4, 0.5) is 11.5 Å². The standard InChI is InChI=1S/C19H17N3O3/c23-22(24)17-10-11-19(21-13-17)20-12-15-6-4-5-7-16(15)14-25-18-8-2-1-3-9-18/h1-11,13H,12,14H2,(H,20,21). The summed E-state index contributed by atoms with van der Waals surface area (Å²) in [5, 5.41) is 13.8. The van der Waals surface area contributed by atoms with Gasteiger partial charge in [-0.2, -0.15) is 0 Å². The van der Waals surface area contributed by atoms with E-state index in [0.717, 1.165) is 16.9 Å². The van der Waals surface area contributed by atoms with Crippen molar-refractivity contribution in [3.05, 3.63) is 94.2 Å². The third kappa shape index (κ3) is 4.54. The summed E-state index contributed by atoms with van der Waals surface area (Å²) in [5.41, 5.74) is 2.13. The predicted molar refractivity (Wildman–Crippen MR) is 95.4 cm³/mol. The van der Waals surface area contributed by atoms with Crippen LogP contribution in [0.3, 0.4) is 0 Å². The number of nitrogens with one attached hydrogen (secondary N) is 1. The first kappa shape index (κ1) is 16.4. The van der Waals surface area contributed by atoms with E-state index < -0.39 is 4.92 Å². The number of hydrogen-bond donors (Lipinski definition) is 1. The van der Waals surface area contributed by atoms with Crippen molar-refractivity contribution in [2.24, 2.45) is 0 Å². The number of pyridine rings is 1. The highest BCUT2D eigenvalue weighted by Gasteiger charge is 2.06. The van der Waals surface area contributed by atoms with Crippen molar-refractivity contribution in [3.63, 3.8) is 0 Å². The topological polar surface area (TPSA) is 77.3 Å². The number of aromatic nitrogens is 1. The Morgan fingerprint density at radius 1 is 0.960 bits per heavy atom. The summed E-state index contributed by atoms with van der Waals surface area (Å²) in [5.74, 6) is 1.41. The fourth-order valence-electron chi connectivity index (χ4n) is 2.33. The Morgan fingerprint density at radius 2 is 1.68 bits per heavy atom. The lowest BCUT2D eigenvalue weighted by molar-refractivity contribution is -0.385. The lowest BCUT2D eigenvalue weighted by Gasteiger charge is -2.12. The molecule has 0 atom stereocenters. The first-order chi connectivity index (χ1) is 12.2. The molecule has 0 aliphatic carbocycles. The average Bonchev–Trinajstić information content (AvgIpc) is 2.66. The fraction of sp³-hybridized carbons (Fsp3) is 0.105. The Kier molecular flexibility index (Phi) is 5.21. The monoisotopic (exact) mass is 335 g/mol. The van der Waals surface area contributed by atoms with Crippen LogP contribution in [0.2, 0.25) is 0 Å². The van der Waals surface area contributed by atoms with E-state index in [2.05, 4.69) is 10.3 Å². The molecule has 3 rings (SSSR count). The van der Waals surface area contributed by atoms with Gasteiger partial charge >= 0.3 is 0 Å². The van der Waals surface area contributed by atoms with Crippen LogP contribution >= 0.6 is 0 Å². The Balaban J connectivity index is 1.63. The third-order valence-corrected chi connectivity index (χ3v) is 3.67. The van der Waals surface area contributed by atoms with Crippen LogP contribution in [-0.2, 0) is 13.2 Å². The van der Waals surface area contributed by atoms with Gasteiger partial charge in [-0.05, 0) is 29.3 Å². The molecule has 0 bridgehead atoms.